The van der Waals surface area contributed by atoms with Gasteiger partial charge >= 0.3 is 12.1 Å². The number of aromatic nitrogens is 2. The molecule has 0 aliphatic heterocycles. The molecule has 0 unspecified atom stereocenters. The maximum Gasteiger partial charge on any atom is 0.490 e. The van der Waals surface area contributed by atoms with Crippen LogP contribution in [0.5, 0.6) is 0 Å². The van der Waals surface area contributed by atoms with E-state index >= 15 is 0 Å². The number of nitrogens with zero attached hydrogens (tertiary/aromatic N) is 2. The summed E-state index contributed by atoms with van der Waals surface area (Å²) in [5.41, 5.74) is 3.72. The number of halogens is 3. The van der Waals surface area contributed by atoms with Crippen molar-refractivity contribution < 1.29 is 31.5 Å². The summed E-state index contributed by atoms with van der Waals surface area (Å²) in [6.07, 6.45) is -1.90. The summed E-state index contributed by atoms with van der Waals surface area (Å²) in [6, 6.07) is 7.50. The van der Waals surface area contributed by atoms with E-state index in [1.807, 2.05) is 26.0 Å². The van der Waals surface area contributed by atoms with Gasteiger partial charge in [-0.2, -0.15) is 13.2 Å². The zero-order valence-electron chi connectivity index (χ0n) is 19.6. The molecule has 0 aliphatic carbocycles. The lowest BCUT2D eigenvalue weighted by Crippen LogP contribution is -2.21. The van der Waals surface area contributed by atoms with Gasteiger partial charge in [0.1, 0.15) is 0 Å². The molecule has 35 heavy (non-hydrogen) atoms. The number of thiazole rings is 1. The minimum atomic E-state index is -5.08. The number of anilines is 2. The number of carboxylic acids is 1. The number of alkyl halides is 3. The van der Waals surface area contributed by atoms with Crippen molar-refractivity contribution in [2.75, 3.05) is 10.0 Å². The molecule has 3 N–H and O–H groups in total. The van der Waals surface area contributed by atoms with Gasteiger partial charge in [-0.05, 0) is 63.4 Å². The van der Waals surface area contributed by atoms with E-state index in [1.165, 1.54) is 17.5 Å². The fourth-order valence-electron chi connectivity index (χ4n) is 2.82. The monoisotopic (exact) mass is 530 g/mol. The van der Waals surface area contributed by atoms with E-state index in [4.69, 9.17) is 9.90 Å². The smallest absolute Gasteiger partial charge is 0.475 e. The first-order valence-corrected chi connectivity index (χ1v) is 12.5. The zero-order chi connectivity index (χ0) is 26.6. The topological polar surface area (TPSA) is 121 Å². The fourth-order valence-corrected chi connectivity index (χ4v) is 5.24. The Labute approximate surface area is 205 Å². The van der Waals surface area contributed by atoms with Gasteiger partial charge in [-0.15, -0.1) is 0 Å². The molecule has 3 rings (SSSR count). The van der Waals surface area contributed by atoms with Crippen LogP contribution in [0.4, 0.5) is 24.0 Å². The first kappa shape index (κ1) is 28.1. The molecule has 2 heterocycles. The van der Waals surface area contributed by atoms with E-state index in [2.05, 4.69) is 33.9 Å². The number of aryl methyl sites for hydroxylation is 3. The molecular formula is C22H25F3N4O4S2. The second-order valence-electron chi connectivity index (χ2n) is 7.87. The highest BCUT2D eigenvalue weighted by atomic mass is 32.2. The van der Waals surface area contributed by atoms with Gasteiger partial charge in [0, 0.05) is 12.2 Å². The van der Waals surface area contributed by atoms with Gasteiger partial charge in [0.05, 0.1) is 27.4 Å². The van der Waals surface area contributed by atoms with Crippen LogP contribution in [0.25, 0.3) is 10.4 Å². The second kappa shape index (κ2) is 11.0. The molecule has 0 spiro atoms. The number of hydrogen-bond donors (Lipinski definition) is 3. The first-order valence-electron chi connectivity index (χ1n) is 10.2. The van der Waals surface area contributed by atoms with E-state index < -0.39 is 22.2 Å². The van der Waals surface area contributed by atoms with Crippen molar-refractivity contribution >= 4 is 38.1 Å². The minimum absolute atomic E-state index is 0.248. The van der Waals surface area contributed by atoms with Crippen molar-refractivity contribution in [2.45, 2.75) is 51.7 Å². The summed E-state index contributed by atoms with van der Waals surface area (Å²) in [6.45, 7) is 9.70. The molecule has 13 heteroatoms. The predicted molar refractivity (Wildman–Crippen MR) is 129 cm³/mol. The average molecular weight is 531 g/mol. The maximum atomic E-state index is 13.0. The Bertz CT molecular complexity index is 1310. The number of pyridine rings is 1. The molecule has 3 aromatic rings. The highest BCUT2D eigenvalue weighted by molar-refractivity contribution is 7.92. The van der Waals surface area contributed by atoms with Crippen molar-refractivity contribution in [3.05, 3.63) is 53.5 Å². The Morgan fingerprint density at radius 3 is 2.29 bits per heavy atom. The molecular weight excluding hydrogens is 505 g/mol. The van der Waals surface area contributed by atoms with Gasteiger partial charge in [-0.1, -0.05) is 23.5 Å². The van der Waals surface area contributed by atoms with Gasteiger partial charge in [0.2, 0.25) is 0 Å². The summed E-state index contributed by atoms with van der Waals surface area (Å²) in [7, 11) is -3.74. The van der Waals surface area contributed by atoms with Crippen molar-refractivity contribution in [2.24, 2.45) is 0 Å². The minimum Gasteiger partial charge on any atom is -0.475 e. The van der Waals surface area contributed by atoms with E-state index in [-0.39, 0.29) is 10.9 Å². The van der Waals surface area contributed by atoms with Crippen molar-refractivity contribution in [3.63, 3.8) is 0 Å². The summed E-state index contributed by atoms with van der Waals surface area (Å²) in [5.74, 6) is -2.76. The molecule has 0 saturated heterocycles. The highest BCUT2D eigenvalue weighted by Crippen LogP contribution is 2.35. The molecule has 1 aromatic carbocycles. The Morgan fingerprint density at radius 2 is 1.74 bits per heavy atom. The lowest BCUT2D eigenvalue weighted by molar-refractivity contribution is -0.192. The molecule has 0 aliphatic rings. The van der Waals surface area contributed by atoms with Gasteiger partial charge in [-0.25, -0.2) is 18.2 Å². The quantitative estimate of drug-likeness (QED) is 0.391. The van der Waals surface area contributed by atoms with E-state index in [1.54, 1.807) is 25.3 Å². The third-order valence-electron chi connectivity index (χ3n) is 4.32. The zero-order valence-corrected chi connectivity index (χ0v) is 21.2. The number of rotatable bonds is 6. The van der Waals surface area contributed by atoms with Crippen LogP contribution in [-0.2, 0) is 14.8 Å². The molecule has 0 atom stereocenters. The van der Waals surface area contributed by atoms with Crippen LogP contribution < -0.4 is 10.0 Å². The standard InChI is InChI=1S/C20H24N4O2S2.C2HF3O2/c1-12(2)22-20-23-15(5)19(27-20)16-7-6-14(4)18(9-16)28(25,26)24-17-8-13(3)10-21-11-17;3-2(4,5)1(6)7/h6-12,24H,1-5H3,(H,22,23);(H,6,7). The van der Waals surface area contributed by atoms with Crippen molar-refractivity contribution in [3.8, 4) is 10.4 Å². The largest absolute Gasteiger partial charge is 0.490 e. The van der Waals surface area contributed by atoms with Crippen LogP contribution in [0.1, 0.15) is 30.7 Å². The number of hydrogen-bond acceptors (Lipinski definition) is 7. The van der Waals surface area contributed by atoms with Crippen LogP contribution in [0.15, 0.2) is 41.6 Å². The summed E-state index contributed by atoms with van der Waals surface area (Å²) < 4.78 is 60.3. The van der Waals surface area contributed by atoms with Gasteiger partial charge in [-0.3, -0.25) is 9.71 Å². The van der Waals surface area contributed by atoms with E-state index in [9.17, 15) is 21.6 Å². The maximum absolute atomic E-state index is 13.0. The van der Waals surface area contributed by atoms with Gasteiger partial charge in [0.25, 0.3) is 10.0 Å². The predicted octanol–water partition coefficient (Wildman–Crippen LogP) is 5.38. The second-order valence-corrected chi connectivity index (χ2v) is 10.5. The summed E-state index contributed by atoms with van der Waals surface area (Å²) in [4.78, 5) is 18.7. The Kier molecular flexibility index (Phi) is 8.84. The fraction of sp³-hybridized carbons (Fsp3) is 0.318. The Balaban J connectivity index is 0.000000540. The van der Waals surface area contributed by atoms with Crippen LogP contribution in [0.3, 0.4) is 0 Å². The summed E-state index contributed by atoms with van der Waals surface area (Å²) >= 11 is 1.52. The Morgan fingerprint density at radius 1 is 1.11 bits per heavy atom. The molecule has 0 bridgehead atoms. The molecule has 0 fully saturated rings. The number of benzene rings is 1. The lowest BCUT2D eigenvalue weighted by atomic mass is 10.1. The van der Waals surface area contributed by atoms with Crippen LogP contribution in [-0.4, -0.2) is 41.7 Å². The van der Waals surface area contributed by atoms with Gasteiger partial charge < -0.3 is 10.4 Å². The average Bonchev–Trinajstić information content (AvgIpc) is 3.07. The normalized spacial score (nSPS) is 11.6. The van der Waals surface area contributed by atoms with Crippen molar-refractivity contribution in [1.82, 2.24) is 9.97 Å². The van der Waals surface area contributed by atoms with E-state index in [0.717, 1.165) is 26.8 Å². The highest BCUT2D eigenvalue weighted by Gasteiger charge is 2.38. The molecule has 8 nitrogen and oxygen atoms in total. The van der Waals surface area contributed by atoms with Crippen LogP contribution in [0.2, 0.25) is 0 Å². The molecule has 0 amide bonds. The number of sulfonamides is 1. The lowest BCUT2D eigenvalue weighted by Gasteiger charge is -2.12. The van der Waals surface area contributed by atoms with E-state index in [0.29, 0.717) is 11.3 Å². The Hall–Kier alpha value is -3.19. The molecule has 190 valence electrons. The summed E-state index contributed by atoms with van der Waals surface area (Å²) in [5, 5.41) is 11.3. The number of nitrogens with one attached hydrogen (secondary N) is 2. The number of carbonyl (C=O) groups is 1. The SMILES string of the molecule is Cc1cncc(NS(=O)(=O)c2cc(-c3sc(NC(C)C)nc3C)ccc2C)c1.O=C(O)C(F)(F)F. The van der Waals surface area contributed by atoms with Gasteiger partial charge in [0.15, 0.2) is 5.13 Å². The third-order valence-corrected chi connectivity index (χ3v) is 6.98. The number of aliphatic carboxylic acids is 1. The molecule has 0 saturated carbocycles. The van der Waals surface area contributed by atoms with Crippen LogP contribution in [0, 0.1) is 20.8 Å². The molecule has 0 radical (unpaired) electrons. The molecule has 2 aromatic heterocycles. The van der Waals surface area contributed by atoms with Crippen LogP contribution >= 0.6 is 11.3 Å². The first-order chi connectivity index (χ1) is 16.1. The number of carboxylic acid groups (broad SMARTS) is 1. The van der Waals surface area contributed by atoms with Crippen molar-refractivity contribution in [1.29, 1.82) is 0 Å². The third kappa shape index (κ3) is 7.92.